The van der Waals surface area contributed by atoms with E-state index < -0.39 is 10.0 Å². The predicted octanol–water partition coefficient (Wildman–Crippen LogP) is 4.43. The number of nitrogens with zero attached hydrogens (tertiary/aromatic N) is 1. The lowest BCUT2D eigenvalue weighted by Crippen LogP contribution is -2.27. The Kier molecular flexibility index (Phi) is 6.55. The molecule has 1 aromatic heterocycles. The van der Waals surface area contributed by atoms with Gasteiger partial charge in [0.05, 0.1) is 22.4 Å². The lowest BCUT2D eigenvalue weighted by atomic mass is 10.2. The Morgan fingerprint density at radius 1 is 1.04 bits per heavy atom. The van der Waals surface area contributed by atoms with Gasteiger partial charge >= 0.3 is 0 Å². The number of hydrogen-bond acceptors (Lipinski definition) is 4. The van der Waals surface area contributed by atoms with Crippen LogP contribution in [0, 0.1) is 0 Å². The van der Waals surface area contributed by atoms with E-state index in [-0.39, 0.29) is 12.3 Å². The predicted molar refractivity (Wildman–Crippen MR) is 109 cm³/mol. The van der Waals surface area contributed by atoms with Crippen molar-refractivity contribution in [3.05, 3.63) is 70.3 Å². The zero-order valence-electron chi connectivity index (χ0n) is 14.4. The van der Waals surface area contributed by atoms with Crippen LogP contribution >= 0.6 is 23.2 Å². The third-order valence-corrected chi connectivity index (χ3v) is 5.93. The first kappa shape index (κ1) is 19.9. The quantitative estimate of drug-likeness (QED) is 0.543. The minimum atomic E-state index is -3.46. The van der Waals surface area contributed by atoms with E-state index in [0.29, 0.717) is 34.4 Å². The van der Waals surface area contributed by atoms with Gasteiger partial charge in [0.1, 0.15) is 11.3 Å². The molecule has 3 aromatic rings. The summed E-state index contributed by atoms with van der Waals surface area (Å²) in [5, 5.41) is 1.73. The largest absolute Gasteiger partial charge is 0.491 e. The molecule has 3 rings (SSSR count). The molecule has 0 radical (unpaired) electrons. The summed E-state index contributed by atoms with van der Waals surface area (Å²) in [6, 6.07) is 14.3. The fourth-order valence-corrected chi connectivity index (χ4v) is 4.07. The standard InChI is InChI=1S/C19H18Cl2N2O3S/c20-16-8-7-14(12-17(16)21)13-27(24,25)23-10-3-11-26-18-6-1-4-15-5-2-9-22-19(15)18/h1-2,4-9,12,23H,3,10-11,13H2. The van der Waals surface area contributed by atoms with E-state index in [2.05, 4.69) is 9.71 Å². The number of sulfonamides is 1. The molecule has 0 spiro atoms. The second kappa shape index (κ2) is 8.89. The number of pyridine rings is 1. The van der Waals surface area contributed by atoms with Crippen LogP contribution in [0.5, 0.6) is 5.75 Å². The van der Waals surface area contributed by atoms with Crippen LogP contribution in [0.25, 0.3) is 10.9 Å². The summed E-state index contributed by atoms with van der Waals surface area (Å²) >= 11 is 11.8. The van der Waals surface area contributed by atoms with Crippen LogP contribution in [-0.2, 0) is 15.8 Å². The maximum Gasteiger partial charge on any atom is 0.215 e. The zero-order chi connectivity index (χ0) is 19.3. The number of halogens is 2. The van der Waals surface area contributed by atoms with Crippen molar-refractivity contribution in [3.63, 3.8) is 0 Å². The molecule has 1 heterocycles. The summed E-state index contributed by atoms with van der Waals surface area (Å²) in [5.74, 6) is 0.532. The van der Waals surface area contributed by atoms with Crippen LogP contribution in [0.2, 0.25) is 10.0 Å². The fourth-order valence-electron chi connectivity index (χ4n) is 2.57. The van der Waals surface area contributed by atoms with Gasteiger partial charge in [0.25, 0.3) is 0 Å². The molecule has 0 unspecified atom stereocenters. The van der Waals surface area contributed by atoms with Crippen molar-refractivity contribution >= 4 is 44.1 Å². The Morgan fingerprint density at radius 3 is 2.67 bits per heavy atom. The van der Waals surface area contributed by atoms with Crippen molar-refractivity contribution in [2.45, 2.75) is 12.2 Å². The highest BCUT2D eigenvalue weighted by Crippen LogP contribution is 2.24. The first-order valence-electron chi connectivity index (χ1n) is 8.32. The molecule has 0 saturated carbocycles. The lowest BCUT2D eigenvalue weighted by molar-refractivity contribution is 0.314. The molecule has 8 heteroatoms. The van der Waals surface area contributed by atoms with Gasteiger partial charge in [0.15, 0.2) is 0 Å². The minimum absolute atomic E-state index is 0.155. The Morgan fingerprint density at radius 2 is 1.85 bits per heavy atom. The first-order valence-corrected chi connectivity index (χ1v) is 10.7. The topological polar surface area (TPSA) is 68.3 Å². The molecule has 0 fully saturated rings. The van der Waals surface area contributed by atoms with Crippen LogP contribution in [-0.4, -0.2) is 26.6 Å². The maximum atomic E-state index is 12.2. The van der Waals surface area contributed by atoms with Crippen LogP contribution in [0.4, 0.5) is 0 Å². The number of ether oxygens (including phenoxy) is 1. The summed E-state index contributed by atoms with van der Waals surface area (Å²) in [7, 11) is -3.46. The van der Waals surface area contributed by atoms with Crippen LogP contribution in [0.1, 0.15) is 12.0 Å². The summed E-state index contributed by atoms with van der Waals surface area (Å²) in [6.45, 7) is 0.660. The second-order valence-corrected chi connectivity index (χ2v) is 8.56. The SMILES string of the molecule is O=S(=O)(Cc1ccc(Cl)c(Cl)c1)NCCCOc1cccc2cccnc12. The molecule has 1 N–H and O–H groups in total. The molecule has 0 bridgehead atoms. The Labute approximate surface area is 168 Å². The summed E-state index contributed by atoms with van der Waals surface area (Å²) in [6.07, 6.45) is 2.25. The number of benzene rings is 2. The third-order valence-electron chi connectivity index (χ3n) is 3.84. The molecule has 0 saturated heterocycles. The smallest absolute Gasteiger partial charge is 0.215 e. The van der Waals surface area contributed by atoms with Gasteiger partial charge < -0.3 is 4.74 Å². The fraction of sp³-hybridized carbons (Fsp3) is 0.211. The van der Waals surface area contributed by atoms with E-state index in [0.717, 1.165) is 10.9 Å². The van der Waals surface area contributed by atoms with Crippen LogP contribution in [0.15, 0.2) is 54.7 Å². The Hall–Kier alpha value is -1.86. The van der Waals surface area contributed by atoms with Crippen LogP contribution in [0.3, 0.4) is 0 Å². The third kappa shape index (κ3) is 5.56. The normalized spacial score (nSPS) is 11.6. The van der Waals surface area contributed by atoms with Crippen molar-refractivity contribution in [1.29, 1.82) is 0 Å². The monoisotopic (exact) mass is 424 g/mol. The van der Waals surface area contributed by atoms with E-state index in [4.69, 9.17) is 27.9 Å². The second-order valence-electron chi connectivity index (χ2n) is 5.94. The van der Waals surface area contributed by atoms with Crippen LogP contribution < -0.4 is 9.46 Å². The maximum absolute atomic E-state index is 12.2. The molecule has 0 aliphatic rings. The van der Waals surface area contributed by atoms with Crippen molar-refractivity contribution in [1.82, 2.24) is 9.71 Å². The highest BCUT2D eigenvalue weighted by Gasteiger charge is 2.12. The average Bonchev–Trinajstić information content (AvgIpc) is 2.64. The van der Waals surface area contributed by atoms with Crippen molar-refractivity contribution in [2.75, 3.05) is 13.2 Å². The van der Waals surface area contributed by atoms with E-state index in [1.807, 2.05) is 30.3 Å². The first-order chi connectivity index (χ1) is 12.9. The van der Waals surface area contributed by atoms with Crippen molar-refractivity contribution in [3.8, 4) is 5.75 Å². The van der Waals surface area contributed by atoms with Gasteiger partial charge in [-0.05, 0) is 36.2 Å². The molecule has 0 atom stereocenters. The van der Waals surface area contributed by atoms with E-state index in [9.17, 15) is 8.42 Å². The van der Waals surface area contributed by atoms with Gasteiger partial charge in [-0.15, -0.1) is 0 Å². The molecule has 2 aromatic carbocycles. The molecule has 142 valence electrons. The summed E-state index contributed by atoms with van der Waals surface area (Å²) in [5.41, 5.74) is 1.37. The van der Waals surface area contributed by atoms with Crippen molar-refractivity contribution in [2.24, 2.45) is 0 Å². The highest BCUT2D eigenvalue weighted by atomic mass is 35.5. The number of hydrogen-bond donors (Lipinski definition) is 1. The van der Waals surface area contributed by atoms with Gasteiger partial charge in [-0.1, -0.05) is 47.5 Å². The van der Waals surface area contributed by atoms with Gasteiger partial charge in [-0.2, -0.15) is 0 Å². The summed E-state index contributed by atoms with van der Waals surface area (Å²) in [4.78, 5) is 4.32. The summed E-state index contributed by atoms with van der Waals surface area (Å²) < 4.78 is 32.6. The number of aromatic nitrogens is 1. The van der Waals surface area contributed by atoms with E-state index >= 15 is 0 Å². The molecule has 27 heavy (non-hydrogen) atoms. The molecule has 0 aliphatic carbocycles. The molecule has 0 amide bonds. The number of rotatable bonds is 8. The number of para-hydroxylation sites is 1. The van der Waals surface area contributed by atoms with Gasteiger partial charge in [0.2, 0.25) is 10.0 Å². The highest BCUT2D eigenvalue weighted by molar-refractivity contribution is 7.88. The number of nitrogens with one attached hydrogen (secondary N) is 1. The molecular weight excluding hydrogens is 407 g/mol. The van der Waals surface area contributed by atoms with Gasteiger partial charge in [-0.25, -0.2) is 13.1 Å². The minimum Gasteiger partial charge on any atom is -0.491 e. The zero-order valence-corrected chi connectivity index (χ0v) is 16.7. The van der Waals surface area contributed by atoms with E-state index in [1.54, 1.807) is 24.4 Å². The molecule has 0 aliphatic heterocycles. The molecule has 5 nitrogen and oxygen atoms in total. The van der Waals surface area contributed by atoms with Gasteiger partial charge in [-0.3, -0.25) is 4.98 Å². The Balaban J connectivity index is 1.48. The van der Waals surface area contributed by atoms with Gasteiger partial charge in [0, 0.05) is 18.1 Å². The molecular formula is C19H18Cl2N2O3S. The lowest BCUT2D eigenvalue weighted by Gasteiger charge is -2.10. The Bertz CT molecular complexity index is 1040. The number of fused-ring (bicyclic) bond motifs is 1. The average molecular weight is 425 g/mol. The van der Waals surface area contributed by atoms with E-state index in [1.165, 1.54) is 0 Å². The van der Waals surface area contributed by atoms with Crippen molar-refractivity contribution < 1.29 is 13.2 Å².